The number of hydrogen-bond acceptors (Lipinski definition) is 2. The van der Waals surface area contributed by atoms with Crippen LogP contribution in [0.25, 0.3) is 0 Å². The van der Waals surface area contributed by atoms with Crippen LogP contribution in [0.5, 0.6) is 0 Å². The first kappa shape index (κ1) is 7.42. The Morgan fingerprint density at radius 3 is 2.67 bits per heavy atom. The highest BCUT2D eigenvalue weighted by Gasteiger charge is 2.17. The molecule has 0 aliphatic heterocycles. The lowest BCUT2D eigenvalue weighted by Crippen LogP contribution is -2.28. The molecule has 0 saturated heterocycles. The predicted molar refractivity (Wildman–Crippen MR) is 43.7 cm³/mol. The second-order valence-electron chi connectivity index (χ2n) is 2.78. The van der Waals surface area contributed by atoms with Crippen LogP contribution in [0.2, 0.25) is 0 Å². The van der Waals surface area contributed by atoms with E-state index in [0.29, 0.717) is 6.04 Å². The molecule has 0 aromatic carbocycles. The summed E-state index contributed by atoms with van der Waals surface area (Å²) in [6.45, 7) is 0. The number of rotatable bonds is 1. The van der Waals surface area contributed by atoms with Gasteiger partial charge in [0.1, 0.15) is 0 Å². The molecule has 2 atom stereocenters. The Labute approximate surface area is 61.4 Å². The molecule has 0 heterocycles. The third-order valence-corrected chi connectivity index (χ3v) is 3.09. The largest absolute Gasteiger partial charge is 0.328 e. The van der Waals surface area contributed by atoms with Crippen LogP contribution >= 0.6 is 11.8 Å². The van der Waals surface area contributed by atoms with Gasteiger partial charge in [0.25, 0.3) is 0 Å². The quantitative estimate of drug-likeness (QED) is 0.607. The maximum absolute atomic E-state index is 5.79. The van der Waals surface area contributed by atoms with Crippen molar-refractivity contribution in [3.8, 4) is 0 Å². The van der Waals surface area contributed by atoms with Crippen LogP contribution in [-0.2, 0) is 0 Å². The Morgan fingerprint density at radius 2 is 2.22 bits per heavy atom. The summed E-state index contributed by atoms with van der Waals surface area (Å²) in [7, 11) is 0. The molecule has 0 amide bonds. The predicted octanol–water partition coefficient (Wildman–Crippen LogP) is 1.62. The van der Waals surface area contributed by atoms with Gasteiger partial charge in [-0.2, -0.15) is 11.8 Å². The minimum Gasteiger partial charge on any atom is -0.328 e. The summed E-state index contributed by atoms with van der Waals surface area (Å²) in [5.41, 5.74) is 5.79. The topological polar surface area (TPSA) is 26.0 Å². The first-order chi connectivity index (χ1) is 4.33. The van der Waals surface area contributed by atoms with E-state index in [4.69, 9.17) is 5.73 Å². The molecule has 2 heteroatoms. The number of thioether (sulfide) groups is 1. The van der Waals surface area contributed by atoms with Gasteiger partial charge in [-0.15, -0.1) is 0 Å². The van der Waals surface area contributed by atoms with Crippen LogP contribution < -0.4 is 5.73 Å². The molecule has 54 valence electrons. The van der Waals surface area contributed by atoms with Crippen molar-refractivity contribution >= 4 is 11.8 Å². The van der Waals surface area contributed by atoms with Crippen molar-refractivity contribution in [2.75, 3.05) is 6.26 Å². The molecule has 0 aromatic rings. The van der Waals surface area contributed by atoms with Crippen molar-refractivity contribution in [2.45, 2.75) is 37.0 Å². The van der Waals surface area contributed by atoms with Crippen LogP contribution in [0.3, 0.4) is 0 Å². The van der Waals surface area contributed by atoms with E-state index in [2.05, 4.69) is 6.26 Å². The van der Waals surface area contributed by atoms with Crippen molar-refractivity contribution in [3.05, 3.63) is 0 Å². The second kappa shape index (κ2) is 3.47. The molecular formula is C7H15NS. The highest BCUT2D eigenvalue weighted by atomic mass is 32.2. The van der Waals surface area contributed by atoms with Crippen LogP contribution in [0, 0.1) is 0 Å². The summed E-state index contributed by atoms with van der Waals surface area (Å²) in [4.78, 5) is 0. The molecule has 1 aliphatic rings. The third-order valence-electron chi connectivity index (χ3n) is 2.00. The van der Waals surface area contributed by atoms with Crippen molar-refractivity contribution < 1.29 is 0 Å². The number of hydrogen-bond donors (Lipinski definition) is 1. The van der Waals surface area contributed by atoms with Gasteiger partial charge in [-0.05, 0) is 25.5 Å². The zero-order chi connectivity index (χ0) is 6.69. The molecule has 9 heavy (non-hydrogen) atoms. The average molecular weight is 145 g/mol. The normalized spacial score (nSPS) is 36.7. The Hall–Kier alpha value is 0.310. The fourth-order valence-electron chi connectivity index (χ4n) is 1.40. The summed E-state index contributed by atoms with van der Waals surface area (Å²) < 4.78 is 0. The third kappa shape index (κ3) is 2.18. The summed E-state index contributed by atoms with van der Waals surface area (Å²) in [5, 5.41) is 0.855. The van der Waals surface area contributed by atoms with Crippen LogP contribution in [0.1, 0.15) is 25.7 Å². The van der Waals surface area contributed by atoms with Crippen LogP contribution in [0.15, 0.2) is 0 Å². The standard InChI is InChI=1S/C7H15NS/c1-9-7-4-2-3-6(8)5-7/h6-7H,2-5,8H2,1H3/t6-,7+/m0/s1. The van der Waals surface area contributed by atoms with Gasteiger partial charge in [-0.1, -0.05) is 6.42 Å². The summed E-state index contributed by atoms with van der Waals surface area (Å²) in [5.74, 6) is 0. The molecule has 0 spiro atoms. The Morgan fingerprint density at radius 1 is 1.44 bits per heavy atom. The van der Waals surface area contributed by atoms with Crippen LogP contribution in [-0.4, -0.2) is 17.5 Å². The SMILES string of the molecule is CS[C@@H]1CCC[C@H](N)C1. The molecule has 0 radical (unpaired) electrons. The van der Waals surface area contributed by atoms with Gasteiger partial charge in [0.2, 0.25) is 0 Å². The summed E-state index contributed by atoms with van der Waals surface area (Å²) in [6.07, 6.45) is 7.39. The Balaban J connectivity index is 2.23. The van der Waals surface area contributed by atoms with E-state index in [1.54, 1.807) is 0 Å². The molecular weight excluding hydrogens is 130 g/mol. The van der Waals surface area contributed by atoms with E-state index < -0.39 is 0 Å². The minimum atomic E-state index is 0.496. The second-order valence-corrected chi connectivity index (χ2v) is 3.92. The summed E-state index contributed by atoms with van der Waals surface area (Å²) in [6, 6.07) is 0.496. The van der Waals surface area contributed by atoms with Crippen molar-refractivity contribution in [1.29, 1.82) is 0 Å². The Bertz CT molecular complexity index is 85.0. The molecule has 0 bridgehead atoms. The van der Waals surface area contributed by atoms with Gasteiger partial charge in [0, 0.05) is 11.3 Å². The maximum atomic E-state index is 5.79. The van der Waals surface area contributed by atoms with Crippen molar-refractivity contribution in [1.82, 2.24) is 0 Å². The average Bonchev–Trinajstić information content (AvgIpc) is 1.88. The lowest BCUT2D eigenvalue weighted by atomic mass is 9.96. The van der Waals surface area contributed by atoms with Gasteiger partial charge >= 0.3 is 0 Å². The smallest absolute Gasteiger partial charge is 0.00590 e. The highest BCUT2D eigenvalue weighted by molar-refractivity contribution is 7.99. The van der Waals surface area contributed by atoms with E-state index in [-0.39, 0.29) is 0 Å². The lowest BCUT2D eigenvalue weighted by Gasteiger charge is -2.24. The lowest BCUT2D eigenvalue weighted by molar-refractivity contribution is 0.452. The molecule has 2 N–H and O–H groups in total. The molecule has 0 unspecified atom stereocenters. The zero-order valence-electron chi connectivity index (χ0n) is 5.97. The molecule has 1 rings (SSSR count). The molecule has 1 nitrogen and oxygen atoms in total. The first-order valence-corrected chi connectivity index (χ1v) is 4.90. The fourth-order valence-corrected chi connectivity index (χ4v) is 2.24. The van der Waals surface area contributed by atoms with E-state index in [1.165, 1.54) is 25.7 Å². The maximum Gasteiger partial charge on any atom is 0.00590 e. The molecule has 1 fully saturated rings. The van der Waals surface area contributed by atoms with Gasteiger partial charge in [-0.3, -0.25) is 0 Å². The number of nitrogens with two attached hydrogens (primary N) is 1. The van der Waals surface area contributed by atoms with E-state index in [0.717, 1.165) is 5.25 Å². The van der Waals surface area contributed by atoms with Crippen molar-refractivity contribution in [3.63, 3.8) is 0 Å². The van der Waals surface area contributed by atoms with Gasteiger partial charge in [-0.25, -0.2) is 0 Å². The van der Waals surface area contributed by atoms with E-state index >= 15 is 0 Å². The fraction of sp³-hybridized carbons (Fsp3) is 1.00. The van der Waals surface area contributed by atoms with Gasteiger partial charge < -0.3 is 5.73 Å². The van der Waals surface area contributed by atoms with Gasteiger partial charge in [0.15, 0.2) is 0 Å². The van der Waals surface area contributed by atoms with E-state index in [9.17, 15) is 0 Å². The van der Waals surface area contributed by atoms with Crippen molar-refractivity contribution in [2.24, 2.45) is 5.73 Å². The Kier molecular flexibility index (Phi) is 2.86. The minimum absolute atomic E-state index is 0.496. The zero-order valence-corrected chi connectivity index (χ0v) is 6.79. The first-order valence-electron chi connectivity index (χ1n) is 3.61. The van der Waals surface area contributed by atoms with E-state index in [1.807, 2.05) is 11.8 Å². The molecule has 1 saturated carbocycles. The van der Waals surface area contributed by atoms with Crippen LogP contribution in [0.4, 0.5) is 0 Å². The molecule has 1 aliphatic carbocycles. The highest BCUT2D eigenvalue weighted by Crippen LogP contribution is 2.25. The summed E-state index contributed by atoms with van der Waals surface area (Å²) >= 11 is 1.97. The monoisotopic (exact) mass is 145 g/mol. The molecule has 0 aromatic heterocycles. The van der Waals surface area contributed by atoms with Gasteiger partial charge in [0.05, 0.1) is 0 Å².